The zero-order valence-electron chi connectivity index (χ0n) is 10.5. The minimum absolute atomic E-state index is 0.168. The van der Waals surface area contributed by atoms with E-state index in [1.165, 1.54) is 0 Å². The molecular weight excluding hydrogens is 190 g/mol. The van der Waals surface area contributed by atoms with Crippen molar-refractivity contribution in [2.45, 2.75) is 60.0 Å². The van der Waals surface area contributed by atoms with Gasteiger partial charge in [0, 0.05) is 17.5 Å². The van der Waals surface area contributed by atoms with Crippen LogP contribution in [0.1, 0.15) is 48.5 Å². The van der Waals surface area contributed by atoms with Crippen LogP contribution in [0, 0.1) is 11.3 Å². The van der Waals surface area contributed by atoms with Crippen LogP contribution in [0.25, 0.3) is 0 Å². The molecular formula is C12H23NS. The monoisotopic (exact) mass is 213 g/mol. The van der Waals surface area contributed by atoms with Gasteiger partial charge < -0.3 is 4.90 Å². The van der Waals surface area contributed by atoms with E-state index in [1.807, 2.05) is 0 Å². The highest BCUT2D eigenvalue weighted by molar-refractivity contribution is 7.80. The summed E-state index contributed by atoms with van der Waals surface area (Å²) in [6.07, 6.45) is 0. The van der Waals surface area contributed by atoms with Crippen molar-refractivity contribution in [1.29, 1.82) is 0 Å². The molecule has 0 unspecified atom stereocenters. The summed E-state index contributed by atoms with van der Waals surface area (Å²) in [7, 11) is 0. The SMILES string of the molecule is C[C@@H]1C(=S)N(C(C)(C)C)[C@@H]1C(C)(C)C. The lowest BCUT2D eigenvalue weighted by molar-refractivity contribution is 0.0201. The predicted octanol–water partition coefficient (Wildman–Crippen LogP) is 3.48. The van der Waals surface area contributed by atoms with Crippen molar-refractivity contribution in [3.05, 3.63) is 0 Å². The molecule has 0 aromatic carbocycles. The highest BCUT2D eigenvalue weighted by Gasteiger charge is 2.50. The van der Waals surface area contributed by atoms with Crippen molar-refractivity contribution < 1.29 is 0 Å². The molecule has 2 atom stereocenters. The van der Waals surface area contributed by atoms with E-state index < -0.39 is 0 Å². The van der Waals surface area contributed by atoms with E-state index in [-0.39, 0.29) is 5.54 Å². The molecule has 0 radical (unpaired) electrons. The van der Waals surface area contributed by atoms with Gasteiger partial charge in [-0.1, -0.05) is 39.9 Å². The Morgan fingerprint density at radius 2 is 1.50 bits per heavy atom. The first-order valence-electron chi connectivity index (χ1n) is 5.40. The molecule has 2 heteroatoms. The molecule has 1 rings (SSSR count). The second kappa shape index (κ2) is 3.19. The van der Waals surface area contributed by atoms with Crippen molar-refractivity contribution in [1.82, 2.24) is 4.90 Å². The summed E-state index contributed by atoms with van der Waals surface area (Å²) in [4.78, 5) is 3.55. The summed E-state index contributed by atoms with van der Waals surface area (Å²) in [6.45, 7) is 15.9. The molecule has 0 spiro atoms. The van der Waals surface area contributed by atoms with E-state index >= 15 is 0 Å². The number of hydrogen-bond acceptors (Lipinski definition) is 1. The van der Waals surface area contributed by atoms with Crippen LogP contribution in [0.5, 0.6) is 0 Å². The maximum atomic E-state index is 5.45. The van der Waals surface area contributed by atoms with E-state index in [1.54, 1.807) is 0 Å². The van der Waals surface area contributed by atoms with Crippen LogP contribution >= 0.6 is 12.2 Å². The molecule has 0 amide bonds. The van der Waals surface area contributed by atoms with Crippen molar-refractivity contribution >= 4 is 17.2 Å². The first kappa shape index (κ1) is 12.0. The van der Waals surface area contributed by atoms with Gasteiger partial charge in [0.25, 0.3) is 0 Å². The Morgan fingerprint density at radius 3 is 1.71 bits per heavy atom. The van der Waals surface area contributed by atoms with Gasteiger partial charge in [0.05, 0.1) is 4.99 Å². The Hall–Kier alpha value is -0.110. The fourth-order valence-electron chi connectivity index (χ4n) is 2.52. The van der Waals surface area contributed by atoms with Crippen LogP contribution in [0.2, 0.25) is 0 Å². The zero-order valence-corrected chi connectivity index (χ0v) is 11.3. The van der Waals surface area contributed by atoms with Crippen LogP contribution in [0.15, 0.2) is 0 Å². The molecule has 0 N–H and O–H groups in total. The molecule has 0 aromatic rings. The van der Waals surface area contributed by atoms with Gasteiger partial charge in [-0.05, 0) is 26.2 Å². The summed E-state index contributed by atoms with van der Waals surface area (Å²) in [5, 5.41) is 0. The Morgan fingerprint density at radius 1 is 1.07 bits per heavy atom. The lowest BCUT2D eigenvalue weighted by Gasteiger charge is -2.60. The van der Waals surface area contributed by atoms with Crippen molar-refractivity contribution in [3.8, 4) is 0 Å². The predicted molar refractivity (Wildman–Crippen MR) is 66.6 cm³/mol. The summed E-state index contributed by atoms with van der Waals surface area (Å²) in [6, 6.07) is 0.593. The van der Waals surface area contributed by atoms with E-state index in [4.69, 9.17) is 12.2 Å². The van der Waals surface area contributed by atoms with E-state index in [2.05, 4.69) is 53.4 Å². The molecule has 0 bridgehead atoms. The molecule has 1 aliphatic rings. The maximum absolute atomic E-state index is 5.45. The lowest BCUT2D eigenvalue weighted by atomic mass is 9.70. The smallest absolute Gasteiger partial charge is 0.0836 e. The van der Waals surface area contributed by atoms with Gasteiger partial charge in [0.15, 0.2) is 0 Å². The normalized spacial score (nSPS) is 29.1. The van der Waals surface area contributed by atoms with Crippen LogP contribution in [0.4, 0.5) is 0 Å². The summed E-state index contributed by atoms with van der Waals surface area (Å²) in [5.41, 5.74) is 0.483. The number of hydrogen-bond donors (Lipinski definition) is 0. The standard InChI is InChI=1S/C12H23NS/c1-8-9(11(2,3)4)13(10(8)14)12(5,6)7/h8-9H,1-7H3/t8-,9-/m0/s1. The molecule has 0 aliphatic carbocycles. The Bertz CT molecular complexity index is 244. The third-order valence-electron chi connectivity index (χ3n) is 2.99. The third-order valence-corrected chi connectivity index (χ3v) is 3.56. The van der Waals surface area contributed by atoms with Gasteiger partial charge in [0.1, 0.15) is 0 Å². The van der Waals surface area contributed by atoms with E-state index in [0.29, 0.717) is 17.4 Å². The molecule has 82 valence electrons. The van der Waals surface area contributed by atoms with Gasteiger partial charge in [-0.25, -0.2) is 0 Å². The quantitative estimate of drug-likeness (QED) is 0.567. The Balaban J connectivity index is 2.92. The first-order valence-corrected chi connectivity index (χ1v) is 5.81. The molecule has 14 heavy (non-hydrogen) atoms. The number of likely N-dealkylation sites (tertiary alicyclic amines) is 1. The summed E-state index contributed by atoms with van der Waals surface area (Å²) in [5.74, 6) is 0.559. The second-order valence-corrected chi connectivity index (χ2v) is 6.90. The van der Waals surface area contributed by atoms with Gasteiger partial charge in [-0.2, -0.15) is 0 Å². The second-order valence-electron chi connectivity index (χ2n) is 6.48. The molecule has 1 aliphatic heterocycles. The molecule has 1 saturated heterocycles. The zero-order chi connectivity index (χ0) is 11.3. The average molecular weight is 213 g/mol. The van der Waals surface area contributed by atoms with Crippen LogP contribution in [0.3, 0.4) is 0 Å². The highest BCUT2D eigenvalue weighted by Crippen LogP contribution is 2.43. The third kappa shape index (κ3) is 1.81. The van der Waals surface area contributed by atoms with Gasteiger partial charge in [-0.3, -0.25) is 0 Å². The minimum atomic E-state index is 0.168. The summed E-state index contributed by atoms with van der Waals surface area (Å²) < 4.78 is 0. The minimum Gasteiger partial charge on any atom is -0.357 e. The van der Waals surface area contributed by atoms with Gasteiger partial charge in [-0.15, -0.1) is 0 Å². The van der Waals surface area contributed by atoms with Gasteiger partial charge >= 0.3 is 0 Å². The Kier molecular flexibility index (Phi) is 2.73. The van der Waals surface area contributed by atoms with E-state index in [0.717, 1.165) is 4.99 Å². The number of thiocarbonyl (C=S) groups is 1. The largest absolute Gasteiger partial charge is 0.357 e. The molecule has 0 saturated carbocycles. The molecule has 1 nitrogen and oxygen atoms in total. The first-order chi connectivity index (χ1) is 6.07. The molecule has 0 aromatic heterocycles. The highest BCUT2D eigenvalue weighted by atomic mass is 32.1. The van der Waals surface area contributed by atoms with Crippen molar-refractivity contribution in [3.63, 3.8) is 0 Å². The Labute approximate surface area is 93.9 Å². The average Bonchev–Trinajstić information content (AvgIpc) is 1.93. The summed E-state index contributed by atoms with van der Waals surface area (Å²) >= 11 is 5.45. The van der Waals surface area contributed by atoms with E-state index in [9.17, 15) is 0 Å². The fraction of sp³-hybridized carbons (Fsp3) is 0.917. The van der Waals surface area contributed by atoms with Gasteiger partial charge in [0.2, 0.25) is 0 Å². The molecule has 1 fully saturated rings. The fourth-order valence-corrected chi connectivity index (χ4v) is 3.03. The maximum Gasteiger partial charge on any atom is 0.0836 e. The van der Waals surface area contributed by atoms with Crippen molar-refractivity contribution in [2.75, 3.05) is 0 Å². The van der Waals surface area contributed by atoms with Crippen LogP contribution in [-0.2, 0) is 0 Å². The van der Waals surface area contributed by atoms with Crippen LogP contribution < -0.4 is 0 Å². The number of nitrogens with zero attached hydrogens (tertiary/aromatic N) is 1. The van der Waals surface area contributed by atoms with Crippen LogP contribution in [-0.4, -0.2) is 21.5 Å². The topological polar surface area (TPSA) is 3.24 Å². The molecule has 1 heterocycles. The number of rotatable bonds is 0. The lowest BCUT2D eigenvalue weighted by Crippen LogP contribution is -2.69. The van der Waals surface area contributed by atoms with Crippen molar-refractivity contribution in [2.24, 2.45) is 11.3 Å².